The first-order valence-electron chi connectivity index (χ1n) is 8.23. The molecule has 2 aromatic carbocycles. The summed E-state index contributed by atoms with van der Waals surface area (Å²) in [5, 5.41) is 9.50. The van der Waals surface area contributed by atoms with Gasteiger partial charge in [-0.15, -0.1) is 0 Å². The highest BCUT2D eigenvalue weighted by molar-refractivity contribution is 5.96. The minimum Gasteiger partial charge on any atom is -0.446 e. The molecule has 142 valence electrons. The Morgan fingerprint density at radius 2 is 2.04 bits per heavy atom. The molecular formula is C18H13F2N5O3. The monoisotopic (exact) mass is 385 g/mol. The van der Waals surface area contributed by atoms with Crippen LogP contribution < -0.4 is 10.9 Å². The van der Waals surface area contributed by atoms with Crippen molar-refractivity contribution in [1.82, 2.24) is 20.2 Å². The molecule has 0 radical (unpaired) electrons. The third-order valence-corrected chi connectivity index (χ3v) is 4.04. The van der Waals surface area contributed by atoms with E-state index in [4.69, 9.17) is 0 Å². The Balaban J connectivity index is 1.74. The van der Waals surface area contributed by atoms with Crippen molar-refractivity contribution in [1.29, 1.82) is 0 Å². The molecule has 0 spiro atoms. The first-order chi connectivity index (χ1) is 13.5. The predicted molar refractivity (Wildman–Crippen MR) is 98.4 cm³/mol. The van der Waals surface area contributed by atoms with Gasteiger partial charge in [0.25, 0.3) is 5.56 Å². The lowest BCUT2D eigenvalue weighted by molar-refractivity contribution is 0.152. The number of carbonyl (C=O) groups excluding carboxylic acids is 1. The Morgan fingerprint density at radius 1 is 1.18 bits per heavy atom. The van der Waals surface area contributed by atoms with Gasteiger partial charge in [-0.1, -0.05) is 6.07 Å². The predicted octanol–water partition coefficient (Wildman–Crippen LogP) is 3.12. The van der Waals surface area contributed by atoms with E-state index in [9.17, 15) is 18.4 Å². The average Bonchev–Trinajstić information content (AvgIpc) is 3.07. The standard InChI is InChI=1S/C18H13F2N5O3/c19-5-6-28-18(27)23-17-21-13-4-1-9(7-14(13)22-17)15-12-8-10(20)2-3-11(12)16(26)25-24-15/h1-4,7-8H,5-6H2,(H,25,26)(H2,21,22,23,27). The zero-order valence-electron chi connectivity index (χ0n) is 14.3. The third-order valence-electron chi connectivity index (χ3n) is 4.04. The first-order valence-corrected chi connectivity index (χ1v) is 8.23. The van der Waals surface area contributed by atoms with Gasteiger partial charge in [-0.2, -0.15) is 5.10 Å². The van der Waals surface area contributed by atoms with Crippen LogP contribution in [0.1, 0.15) is 0 Å². The molecular weight excluding hydrogens is 372 g/mol. The molecule has 3 N–H and O–H groups in total. The van der Waals surface area contributed by atoms with E-state index in [-0.39, 0.29) is 12.6 Å². The zero-order chi connectivity index (χ0) is 19.7. The molecule has 28 heavy (non-hydrogen) atoms. The molecule has 4 rings (SSSR count). The Labute approximate surface area is 155 Å². The molecule has 0 saturated heterocycles. The fourth-order valence-electron chi connectivity index (χ4n) is 2.84. The lowest BCUT2D eigenvalue weighted by atomic mass is 10.0. The maximum atomic E-state index is 13.7. The van der Waals surface area contributed by atoms with E-state index in [1.807, 2.05) is 0 Å². The van der Waals surface area contributed by atoms with Crippen molar-refractivity contribution in [2.45, 2.75) is 0 Å². The molecule has 2 heterocycles. The number of carbonyl (C=O) groups is 1. The third kappa shape index (κ3) is 3.27. The van der Waals surface area contributed by atoms with Crippen molar-refractivity contribution in [2.75, 3.05) is 18.6 Å². The number of fused-ring (bicyclic) bond motifs is 2. The maximum Gasteiger partial charge on any atom is 0.414 e. The van der Waals surface area contributed by atoms with Crippen LogP contribution in [0.25, 0.3) is 33.1 Å². The molecule has 1 amide bonds. The van der Waals surface area contributed by atoms with E-state index in [1.165, 1.54) is 18.2 Å². The number of H-pyrrole nitrogens is 2. The number of rotatable bonds is 4. The quantitative estimate of drug-likeness (QED) is 0.500. The highest BCUT2D eigenvalue weighted by Crippen LogP contribution is 2.27. The van der Waals surface area contributed by atoms with Crippen molar-refractivity contribution in [2.24, 2.45) is 0 Å². The number of nitrogens with zero attached hydrogens (tertiary/aromatic N) is 2. The number of benzene rings is 2. The van der Waals surface area contributed by atoms with Crippen LogP contribution in [0.3, 0.4) is 0 Å². The molecule has 0 fully saturated rings. The van der Waals surface area contributed by atoms with E-state index in [0.29, 0.717) is 33.1 Å². The summed E-state index contributed by atoms with van der Waals surface area (Å²) < 4.78 is 30.3. The van der Waals surface area contributed by atoms with E-state index in [1.54, 1.807) is 18.2 Å². The first kappa shape index (κ1) is 17.6. The summed E-state index contributed by atoms with van der Waals surface area (Å²) in [6, 6.07) is 8.94. The molecule has 0 aliphatic carbocycles. The second-order valence-electron chi connectivity index (χ2n) is 5.86. The number of aromatic amines is 2. The van der Waals surface area contributed by atoms with E-state index < -0.39 is 24.1 Å². The number of anilines is 1. The van der Waals surface area contributed by atoms with E-state index >= 15 is 0 Å². The van der Waals surface area contributed by atoms with Crippen molar-refractivity contribution >= 4 is 33.8 Å². The second-order valence-corrected chi connectivity index (χ2v) is 5.86. The summed E-state index contributed by atoms with van der Waals surface area (Å²) in [6.45, 7) is -1.13. The molecule has 8 nitrogen and oxygen atoms in total. The van der Waals surface area contributed by atoms with Gasteiger partial charge in [0.2, 0.25) is 5.95 Å². The van der Waals surface area contributed by atoms with Gasteiger partial charge < -0.3 is 9.72 Å². The van der Waals surface area contributed by atoms with Gasteiger partial charge in [0.15, 0.2) is 0 Å². The average molecular weight is 385 g/mol. The smallest absolute Gasteiger partial charge is 0.414 e. The van der Waals surface area contributed by atoms with Gasteiger partial charge in [-0.3, -0.25) is 10.1 Å². The molecule has 0 aliphatic rings. The summed E-state index contributed by atoms with van der Waals surface area (Å²) in [5.74, 6) is -0.358. The van der Waals surface area contributed by atoms with Gasteiger partial charge >= 0.3 is 6.09 Å². The lowest BCUT2D eigenvalue weighted by Crippen LogP contribution is -2.15. The second kappa shape index (κ2) is 7.06. The number of halogens is 2. The molecule has 4 aromatic rings. The summed E-state index contributed by atoms with van der Waals surface area (Å²) in [5.41, 5.74) is 1.69. The van der Waals surface area contributed by atoms with Crippen molar-refractivity contribution < 1.29 is 18.3 Å². The van der Waals surface area contributed by atoms with Gasteiger partial charge in [0.05, 0.1) is 22.1 Å². The zero-order valence-corrected chi connectivity index (χ0v) is 14.3. The highest BCUT2D eigenvalue weighted by atomic mass is 19.1. The SMILES string of the molecule is O=C(Nc1nc2ccc(-c3n[nH]c(=O)c4ccc(F)cc34)cc2[nH]1)OCCF. The van der Waals surface area contributed by atoms with Crippen LogP contribution in [0.2, 0.25) is 0 Å². The number of imidazole rings is 1. The van der Waals surface area contributed by atoms with Gasteiger partial charge in [-0.25, -0.2) is 23.7 Å². The van der Waals surface area contributed by atoms with Crippen LogP contribution in [-0.2, 0) is 4.74 Å². The number of hydrogen-bond acceptors (Lipinski definition) is 5. The normalized spacial score (nSPS) is 11.1. The minimum atomic E-state index is -0.833. The van der Waals surface area contributed by atoms with Crippen molar-refractivity contribution in [3.8, 4) is 11.3 Å². The summed E-state index contributed by atoms with van der Waals surface area (Å²) >= 11 is 0. The van der Waals surface area contributed by atoms with Crippen LogP contribution >= 0.6 is 0 Å². The minimum absolute atomic E-state index is 0.126. The maximum absolute atomic E-state index is 13.7. The van der Waals surface area contributed by atoms with Gasteiger partial charge in [0.1, 0.15) is 19.1 Å². The Hall–Kier alpha value is -3.82. The summed E-state index contributed by atoms with van der Waals surface area (Å²) in [7, 11) is 0. The van der Waals surface area contributed by atoms with Crippen LogP contribution in [0.5, 0.6) is 0 Å². The molecule has 0 saturated carbocycles. The van der Waals surface area contributed by atoms with Crippen LogP contribution in [0.15, 0.2) is 41.2 Å². The number of ether oxygens (including phenoxy) is 1. The molecule has 0 aliphatic heterocycles. The topological polar surface area (TPSA) is 113 Å². The molecule has 0 atom stereocenters. The number of nitrogens with one attached hydrogen (secondary N) is 3. The van der Waals surface area contributed by atoms with Crippen molar-refractivity contribution in [3.05, 3.63) is 52.6 Å². The van der Waals surface area contributed by atoms with Crippen LogP contribution in [0.4, 0.5) is 19.5 Å². The number of amides is 1. The highest BCUT2D eigenvalue weighted by Gasteiger charge is 2.13. The van der Waals surface area contributed by atoms with E-state index in [0.717, 1.165) is 0 Å². The van der Waals surface area contributed by atoms with E-state index in [2.05, 4.69) is 30.2 Å². The fourth-order valence-corrected chi connectivity index (χ4v) is 2.84. The molecule has 10 heteroatoms. The summed E-state index contributed by atoms with van der Waals surface area (Å²) in [4.78, 5) is 30.5. The Bertz CT molecular complexity index is 1250. The number of hydrogen-bond donors (Lipinski definition) is 3. The van der Waals surface area contributed by atoms with Crippen LogP contribution in [-0.4, -0.2) is 39.5 Å². The molecule has 2 aromatic heterocycles. The molecule has 0 bridgehead atoms. The fraction of sp³-hybridized carbons (Fsp3) is 0.111. The Morgan fingerprint density at radius 3 is 2.86 bits per heavy atom. The van der Waals surface area contributed by atoms with Gasteiger partial charge in [0, 0.05) is 10.9 Å². The largest absolute Gasteiger partial charge is 0.446 e. The lowest BCUT2D eigenvalue weighted by Gasteiger charge is -2.05. The van der Waals surface area contributed by atoms with Crippen LogP contribution in [0, 0.1) is 5.82 Å². The summed E-state index contributed by atoms with van der Waals surface area (Å²) in [6.07, 6.45) is -0.833. The van der Waals surface area contributed by atoms with Gasteiger partial charge in [-0.05, 0) is 30.3 Å². The number of aromatic nitrogens is 4. The van der Waals surface area contributed by atoms with Crippen molar-refractivity contribution in [3.63, 3.8) is 0 Å². The number of alkyl halides is 1. The molecule has 0 unspecified atom stereocenters. The Kier molecular flexibility index (Phi) is 4.44.